The van der Waals surface area contributed by atoms with E-state index in [2.05, 4.69) is 28.9 Å². The van der Waals surface area contributed by atoms with Gasteiger partial charge >= 0.3 is 0 Å². The summed E-state index contributed by atoms with van der Waals surface area (Å²) in [6.45, 7) is 4.24. The highest BCUT2D eigenvalue weighted by Crippen LogP contribution is 2.39. The summed E-state index contributed by atoms with van der Waals surface area (Å²) in [5.41, 5.74) is 3.18. The van der Waals surface area contributed by atoms with Crippen molar-refractivity contribution < 1.29 is 8.60 Å². The standard InChI is InChI=1S/C25H24FN5OS2/c1-15(2)24-30-22(23(33-24)21-11-12-27-25(29-21)28-18-9-10-18)16-5-3-7-19(13-16)31-34(32)20-8-4-6-17(26)14-20/h3-8,11-15,18,31H,9-10H2,1-2H3,(H,27,28,29). The van der Waals surface area contributed by atoms with E-state index in [1.807, 2.05) is 30.3 Å². The van der Waals surface area contributed by atoms with E-state index >= 15 is 0 Å². The summed E-state index contributed by atoms with van der Waals surface area (Å²) in [5.74, 6) is 0.478. The molecule has 0 saturated heterocycles. The Morgan fingerprint density at radius 1 is 1.09 bits per heavy atom. The molecule has 6 nitrogen and oxygen atoms in total. The zero-order valence-corrected chi connectivity index (χ0v) is 20.4. The number of nitrogens with zero attached hydrogens (tertiary/aromatic N) is 3. The van der Waals surface area contributed by atoms with E-state index in [4.69, 9.17) is 9.97 Å². The van der Waals surface area contributed by atoms with Gasteiger partial charge in [-0.25, -0.2) is 23.6 Å². The molecule has 2 heterocycles. The second kappa shape index (κ2) is 9.60. The fourth-order valence-electron chi connectivity index (χ4n) is 3.40. The lowest BCUT2D eigenvalue weighted by molar-refractivity contribution is 0.622. The molecule has 1 atom stereocenters. The van der Waals surface area contributed by atoms with Crippen LogP contribution in [0.15, 0.2) is 65.7 Å². The molecule has 34 heavy (non-hydrogen) atoms. The van der Waals surface area contributed by atoms with Crippen molar-refractivity contribution in [2.75, 3.05) is 10.0 Å². The summed E-state index contributed by atoms with van der Waals surface area (Å²) in [4.78, 5) is 15.4. The van der Waals surface area contributed by atoms with Crippen LogP contribution in [0.3, 0.4) is 0 Å². The van der Waals surface area contributed by atoms with Gasteiger partial charge in [-0.05, 0) is 49.2 Å². The van der Waals surface area contributed by atoms with Crippen LogP contribution in [-0.4, -0.2) is 25.2 Å². The van der Waals surface area contributed by atoms with E-state index in [9.17, 15) is 8.60 Å². The van der Waals surface area contributed by atoms with E-state index < -0.39 is 16.8 Å². The molecule has 0 radical (unpaired) electrons. The maximum atomic E-state index is 13.5. The average Bonchev–Trinajstić information content (AvgIpc) is 3.52. The summed E-state index contributed by atoms with van der Waals surface area (Å²) in [5, 5.41) is 4.37. The van der Waals surface area contributed by atoms with Crippen LogP contribution < -0.4 is 10.0 Å². The fourth-order valence-corrected chi connectivity index (χ4v) is 5.34. The van der Waals surface area contributed by atoms with Gasteiger partial charge in [0.1, 0.15) is 16.8 Å². The molecular formula is C25H24FN5OS2. The Bertz CT molecular complexity index is 1350. The molecule has 1 saturated carbocycles. The Balaban J connectivity index is 1.48. The Labute approximate surface area is 204 Å². The second-order valence-corrected chi connectivity index (χ2v) is 10.7. The van der Waals surface area contributed by atoms with Crippen molar-refractivity contribution in [2.24, 2.45) is 0 Å². The molecule has 4 aromatic rings. The minimum absolute atomic E-state index is 0.269. The number of hydrogen-bond donors (Lipinski definition) is 2. The maximum Gasteiger partial charge on any atom is 0.223 e. The number of halogens is 1. The number of benzene rings is 2. The first-order valence-corrected chi connectivity index (χ1v) is 13.1. The second-order valence-electron chi connectivity index (χ2n) is 8.48. The van der Waals surface area contributed by atoms with E-state index in [1.54, 1.807) is 29.7 Å². The van der Waals surface area contributed by atoms with Gasteiger partial charge in [-0.15, -0.1) is 11.3 Å². The summed E-state index contributed by atoms with van der Waals surface area (Å²) in [6.07, 6.45) is 4.06. The molecule has 1 aliphatic rings. The van der Waals surface area contributed by atoms with Crippen LogP contribution in [0.2, 0.25) is 0 Å². The predicted octanol–water partition coefficient (Wildman–Crippen LogP) is 6.24. The Kier molecular flexibility index (Phi) is 6.38. The third kappa shape index (κ3) is 5.15. The first-order chi connectivity index (χ1) is 16.5. The summed E-state index contributed by atoms with van der Waals surface area (Å²) < 4.78 is 29.2. The van der Waals surface area contributed by atoms with Crippen molar-refractivity contribution in [3.63, 3.8) is 0 Å². The number of nitrogens with one attached hydrogen (secondary N) is 2. The van der Waals surface area contributed by atoms with Crippen LogP contribution in [0.1, 0.15) is 37.6 Å². The van der Waals surface area contributed by atoms with Gasteiger partial charge in [-0.3, -0.25) is 0 Å². The molecule has 1 unspecified atom stereocenters. The van der Waals surface area contributed by atoms with Crippen molar-refractivity contribution in [2.45, 2.75) is 43.5 Å². The van der Waals surface area contributed by atoms with Gasteiger partial charge in [0.15, 0.2) is 0 Å². The molecule has 1 fully saturated rings. The molecule has 0 spiro atoms. The van der Waals surface area contributed by atoms with Crippen LogP contribution in [0.5, 0.6) is 0 Å². The number of thiazole rings is 1. The highest BCUT2D eigenvalue weighted by Gasteiger charge is 2.23. The van der Waals surface area contributed by atoms with Crippen molar-refractivity contribution in [3.05, 3.63) is 71.6 Å². The van der Waals surface area contributed by atoms with Gasteiger partial charge in [0.25, 0.3) is 0 Å². The van der Waals surface area contributed by atoms with Gasteiger partial charge in [0, 0.05) is 29.4 Å². The molecule has 2 N–H and O–H groups in total. The molecule has 174 valence electrons. The SMILES string of the molecule is CC(C)c1nc(-c2cccc(NS(=O)c3cccc(F)c3)c2)c(-c2ccnc(NC3CC3)n2)s1. The Morgan fingerprint density at radius 3 is 2.68 bits per heavy atom. The van der Waals surface area contributed by atoms with Crippen LogP contribution in [-0.2, 0) is 11.0 Å². The largest absolute Gasteiger partial charge is 0.351 e. The third-order valence-electron chi connectivity index (χ3n) is 5.29. The van der Waals surface area contributed by atoms with Crippen molar-refractivity contribution in [1.29, 1.82) is 0 Å². The quantitative estimate of drug-likeness (QED) is 0.304. The highest BCUT2D eigenvalue weighted by atomic mass is 32.2. The van der Waals surface area contributed by atoms with Crippen LogP contribution in [0.4, 0.5) is 16.0 Å². The summed E-state index contributed by atoms with van der Waals surface area (Å²) in [6, 6.07) is 15.7. The molecule has 0 bridgehead atoms. The minimum atomic E-state index is -1.59. The lowest BCUT2D eigenvalue weighted by atomic mass is 10.1. The molecule has 9 heteroatoms. The van der Waals surface area contributed by atoms with Gasteiger partial charge in [0.05, 0.1) is 26.2 Å². The zero-order valence-electron chi connectivity index (χ0n) is 18.8. The monoisotopic (exact) mass is 493 g/mol. The fraction of sp³-hybridized carbons (Fsp3) is 0.240. The predicted molar refractivity (Wildman–Crippen MR) is 136 cm³/mol. The number of anilines is 2. The minimum Gasteiger partial charge on any atom is -0.351 e. The van der Waals surface area contributed by atoms with E-state index in [1.165, 1.54) is 12.1 Å². The van der Waals surface area contributed by atoms with Crippen LogP contribution >= 0.6 is 11.3 Å². The molecule has 0 amide bonds. The van der Waals surface area contributed by atoms with Gasteiger partial charge in [-0.1, -0.05) is 32.0 Å². The summed E-state index contributed by atoms with van der Waals surface area (Å²) in [7, 11) is -1.59. The Morgan fingerprint density at radius 2 is 1.91 bits per heavy atom. The van der Waals surface area contributed by atoms with E-state index in [0.29, 0.717) is 22.6 Å². The first kappa shape index (κ1) is 22.6. The third-order valence-corrected chi connectivity index (χ3v) is 7.77. The number of rotatable bonds is 8. The normalized spacial score (nSPS) is 14.2. The zero-order chi connectivity index (χ0) is 23.7. The molecule has 5 rings (SSSR count). The molecule has 2 aromatic carbocycles. The van der Waals surface area contributed by atoms with E-state index in [-0.39, 0.29) is 5.92 Å². The average molecular weight is 494 g/mol. The highest BCUT2D eigenvalue weighted by molar-refractivity contribution is 7.86. The van der Waals surface area contributed by atoms with Crippen molar-refractivity contribution >= 4 is 34.0 Å². The summed E-state index contributed by atoms with van der Waals surface area (Å²) >= 11 is 1.63. The Hall–Kier alpha value is -3.17. The first-order valence-electron chi connectivity index (χ1n) is 11.1. The molecule has 1 aliphatic carbocycles. The lowest BCUT2D eigenvalue weighted by Gasteiger charge is -2.09. The smallest absolute Gasteiger partial charge is 0.223 e. The topological polar surface area (TPSA) is 79.8 Å². The van der Waals surface area contributed by atoms with Crippen molar-refractivity contribution in [1.82, 2.24) is 15.0 Å². The number of hydrogen-bond acceptors (Lipinski definition) is 6. The van der Waals surface area contributed by atoms with Crippen LogP contribution in [0, 0.1) is 5.82 Å². The molecule has 2 aromatic heterocycles. The van der Waals surface area contributed by atoms with E-state index in [0.717, 1.165) is 39.7 Å². The molecular weight excluding hydrogens is 469 g/mol. The van der Waals surface area contributed by atoms with Crippen LogP contribution in [0.25, 0.3) is 21.8 Å². The van der Waals surface area contributed by atoms with Gasteiger partial charge in [0.2, 0.25) is 5.95 Å². The van der Waals surface area contributed by atoms with Gasteiger partial charge in [-0.2, -0.15) is 0 Å². The number of aromatic nitrogens is 3. The van der Waals surface area contributed by atoms with Gasteiger partial charge < -0.3 is 10.0 Å². The van der Waals surface area contributed by atoms with Crippen molar-refractivity contribution in [3.8, 4) is 21.8 Å². The maximum absolute atomic E-state index is 13.5. The lowest BCUT2D eigenvalue weighted by Crippen LogP contribution is -2.05. The molecule has 0 aliphatic heterocycles.